The fourth-order valence-corrected chi connectivity index (χ4v) is 3.53. The van der Waals surface area contributed by atoms with Gasteiger partial charge in [0.1, 0.15) is 11.8 Å². The predicted octanol–water partition coefficient (Wildman–Crippen LogP) is 4.11. The van der Waals surface area contributed by atoms with Crippen molar-refractivity contribution in [2.24, 2.45) is 0 Å². The number of carbonyl (C=O) groups is 2. The maximum Gasteiger partial charge on any atom is 0.265 e. The van der Waals surface area contributed by atoms with Crippen LogP contribution in [-0.4, -0.2) is 24.0 Å². The van der Waals surface area contributed by atoms with E-state index in [1.165, 1.54) is 0 Å². The summed E-state index contributed by atoms with van der Waals surface area (Å²) in [7, 11) is 0. The van der Waals surface area contributed by atoms with Crippen molar-refractivity contribution in [3.05, 3.63) is 90.0 Å². The molecular formula is C25H25N3O3. The summed E-state index contributed by atoms with van der Waals surface area (Å²) in [6.45, 7) is 3.51. The molecule has 2 amide bonds. The Morgan fingerprint density at radius 3 is 2.19 bits per heavy atom. The van der Waals surface area contributed by atoms with E-state index in [0.717, 1.165) is 16.8 Å². The molecule has 6 heteroatoms. The van der Waals surface area contributed by atoms with Crippen LogP contribution in [0.25, 0.3) is 0 Å². The van der Waals surface area contributed by atoms with Gasteiger partial charge in [-0.3, -0.25) is 9.59 Å². The van der Waals surface area contributed by atoms with Gasteiger partial charge in [0.2, 0.25) is 5.91 Å². The molecule has 0 bridgehead atoms. The molecule has 0 aliphatic carbocycles. The van der Waals surface area contributed by atoms with Crippen molar-refractivity contribution in [1.82, 2.24) is 5.32 Å². The van der Waals surface area contributed by atoms with E-state index in [4.69, 9.17) is 4.74 Å². The molecule has 1 aliphatic rings. The van der Waals surface area contributed by atoms with Gasteiger partial charge in [0.05, 0.1) is 11.7 Å². The molecule has 4 rings (SSSR count). The number of nitrogens with one attached hydrogen (secondary N) is 3. The standard InChI is InChI=1S/C25H25N3O3/c1-16(26-20-13-14-22-21(15-20)27-25(30)17(2)31-22)24(29)28-23(18-9-5-3-6-10-18)19-11-7-4-8-12-19/h3-17,23,26H,1-2H3,(H,27,30)(H,28,29)/t16-,17-/m0/s1. The summed E-state index contributed by atoms with van der Waals surface area (Å²) in [6, 6.07) is 24.4. The van der Waals surface area contributed by atoms with Crippen LogP contribution in [0.4, 0.5) is 11.4 Å². The molecule has 3 aromatic carbocycles. The molecule has 0 radical (unpaired) electrons. The lowest BCUT2D eigenvalue weighted by Gasteiger charge is -2.25. The van der Waals surface area contributed by atoms with Crippen molar-refractivity contribution in [2.45, 2.75) is 32.0 Å². The van der Waals surface area contributed by atoms with E-state index in [-0.39, 0.29) is 17.9 Å². The maximum atomic E-state index is 13.0. The topological polar surface area (TPSA) is 79.5 Å². The van der Waals surface area contributed by atoms with Gasteiger partial charge in [-0.1, -0.05) is 60.7 Å². The predicted molar refractivity (Wildman–Crippen MR) is 121 cm³/mol. The van der Waals surface area contributed by atoms with E-state index in [1.54, 1.807) is 26.0 Å². The van der Waals surface area contributed by atoms with E-state index in [0.29, 0.717) is 11.4 Å². The van der Waals surface area contributed by atoms with Gasteiger partial charge in [-0.05, 0) is 43.2 Å². The molecular weight excluding hydrogens is 390 g/mol. The fourth-order valence-electron chi connectivity index (χ4n) is 3.53. The molecule has 31 heavy (non-hydrogen) atoms. The van der Waals surface area contributed by atoms with E-state index in [2.05, 4.69) is 16.0 Å². The van der Waals surface area contributed by atoms with Crippen LogP contribution in [0.1, 0.15) is 31.0 Å². The number of hydrogen-bond acceptors (Lipinski definition) is 4. The smallest absolute Gasteiger partial charge is 0.265 e. The number of benzene rings is 3. The number of carbonyl (C=O) groups excluding carboxylic acids is 2. The zero-order valence-electron chi connectivity index (χ0n) is 17.5. The van der Waals surface area contributed by atoms with Crippen molar-refractivity contribution >= 4 is 23.2 Å². The summed E-state index contributed by atoms with van der Waals surface area (Å²) in [6.07, 6.45) is -0.524. The van der Waals surface area contributed by atoms with Crippen molar-refractivity contribution in [1.29, 1.82) is 0 Å². The first-order valence-electron chi connectivity index (χ1n) is 10.3. The molecule has 6 nitrogen and oxygen atoms in total. The summed E-state index contributed by atoms with van der Waals surface area (Å²) in [5, 5.41) is 9.18. The van der Waals surface area contributed by atoms with Gasteiger partial charge in [-0.15, -0.1) is 0 Å². The molecule has 0 unspecified atom stereocenters. The van der Waals surface area contributed by atoms with Crippen molar-refractivity contribution < 1.29 is 14.3 Å². The van der Waals surface area contributed by atoms with Crippen LogP contribution in [0.15, 0.2) is 78.9 Å². The highest BCUT2D eigenvalue weighted by atomic mass is 16.5. The first-order valence-corrected chi connectivity index (χ1v) is 10.3. The zero-order chi connectivity index (χ0) is 21.8. The maximum absolute atomic E-state index is 13.0. The van der Waals surface area contributed by atoms with Crippen LogP contribution in [0.3, 0.4) is 0 Å². The number of fused-ring (bicyclic) bond motifs is 1. The third kappa shape index (κ3) is 4.69. The van der Waals surface area contributed by atoms with Crippen LogP contribution < -0.4 is 20.7 Å². The quantitative estimate of drug-likeness (QED) is 0.566. The van der Waals surface area contributed by atoms with Crippen molar-refractivity contribution in [2.75, 3.05) is 10.6 Å². The van der Waals surface area contributed by atoms with Gasteiger partial charge in [-0.25, -0.2) is 0 Å². The number of rotatable bonds is 6. The van der Waals surface area contributed by atoms with Crippen LogP contribution >= 0.6 is 0 Å². The molecule has 0 aromatic heterocycles. The Bertz CT molecular complexity index is 1030. The van der Waals surface area contributed by atoms with Gasteiger partial charge in [-0.2, -0.15) is 0 Å². The zero-order valence-corrected chi connectivity index (χ0v) is 17.5. The number of anilines is 2. The summed E-state index contributed by atoms with van der Waals surface area (Å²) >= 11 is 0. The second kappa shape index (κ2) is 8.92. The lowest BCUT2D eigenvalue weighted by atomic mass is 9.98. The van der Waals surface area contributed by atoms with Gasteiger partial charge >= 0.3 is 0 Å². The van der Waals surface area contributed by atoms with Gasteiger partial charge in [0, 0.05) is 5.69 Å². The molecule has 0 spiro atoms. The molecule has 1 aliphatic heterocycles. The average Bonchev–Trinajstić information content (AvgIpc) is 2.79. The Labute approximate surface area is 181 Å². The van der Waals surface area contributed by atoms with Crippen molar-refractivity contribution in [3.63, 3.8) is 0 Å². The molecule has 0 fully saturated rings. The second-order valence-electron chi connectivity index (χ2n) is 7.59. The molecule has 3 N–H and O–H groups in total. The Balaban J connectivity index is 1.48. The molecule has 0 saturated carbocycles. The minimum absolute atomic E-state index is 0.135. The number of hydrogen-bond donors (Lipinski definition) is 3. The molecule has 0 saturated heterocycles. The minimum atomic E-state index is -0.524. The van der Waals surface area contributed by atoms with E-state index >= 15 is 0 Å². The number of ether oxygens (including phenoxy) is 1. The summed E-state index contributed by atoms with van der Waals surface area (Å²) in [4.78, 5) is 24.9. The largest absolute Gasteiger partial charge is 0.479 e. The summed E-state index contributed by atoms with van der Waals surface area (Å²) < 4.78 is 5.58. The highest BCUT2D eigenvalue weighted by Crippen LogP contribution is 2.32. The lowest BCUT2D eigenvalue weighted by molar-refractivity contribution is -0.123. The highest BCUT2D eigenvalue weighted by Gasteiger charge is 2.24. The summed E-state index contributed by atoms with van der Waals surface area (Å²) in [5.74, 6) is 0.288. The Morgan fingerprint density at radius 1 is 0.968 bits per heavy atom. The first-order chi connectivity index (χ1) is 15.0. The Morgan fingerprint density at radius 2 is 1.58 bits per heavy atom. The van der Waals surface area contributed by atoms with Crippen LogP contribution in [0.5, 0.6) is 5.75 Å². The molecule has 2 atom stereocenters. The Hall–Kier alpha value is -3.80. The molecule has 3 aromatic rings. The van der Waals surface area contributed by atoms with Crippen LogP contribution in [0.2, 0.25) is 0 Å². The third-order valence-electron chi connectivity index (χ3n) is 5.24. The Kier molecular flexibility index (Phi) is 5.89. The lowest BCUT2D eigenvalue weighted by Crippen LogP contribution is -2.40. The monoisotopic (exact) mass is 415 g/mol. The van der Waals surface area contributed by atoms with Gasteiger partial charge in [0.25, 0.3) is 5.91 Å². The average molecular weight is 415 g/mol. The normalized spacial score (nSPS) is 16.0. The third-order valence-corrected chi connectivity index (χ3v) is 5.24. The van der Waals surface area contributed by atoms with Crippen LogP contribution in [0, 0.1) is 0 Å². The minimum Gasteiger partial charge on any atom is -0.479 e. The van der Waals surface area contributed by atoms with E-state index in [1.807, 2.05) is 66.7 Å². The first kappa shape index (κ1) is 20.5. The molecule has 1 heterocycles. The van der Waals surface area contributed by atoms with E-state index in [9.17, 15) is 9.59 Å². The SMILES string of the molecule is C[C@H](Nc1ccc2c(c1)NC(=O)[C@H](C)O2)C(=O)NC(c1ccccc1)c1ccccc1. The number of amides is 2. The van der Waals surface area contributed by atoms with Gasteiger partial charge < -0.3 is 20.7 Å². The molecule has 158 valence electrons. The van der Waals surface area contributed by atoms with Gasteiger partial charge in [0.15, 0.2) is 6.10 Å². The summed E-state index contributed by atoms with van der Waals surface area (Å²) in [5.41, 5.74) is 3.33. The second-order valence-corrected chi connectivity index (χ2v) is 7.59. The fraction of sp³-hybridized carbons (Fsp3) is 0.200. The van der Waals surface area contributed by atoms with Crippen molar-refractivity contribution in [3.8, 4) is 5.75 Å². The highest BCUT2D eigenvalue weighted by molar-refractivity contribution is 5.98. The van der Waals surface area contributed by atoms with E-state index < -0.39 is 12.1 Å². The van der Waals surface area contributed by atoms with Crippen LogP contribution in [-0.2, 0) is 9.59 Å².